The maximum absolute atomic E-state index is 12.4. The summed E-state index contributed by atoms with van der Waals surface area (Å²) in [6.45, 7) is 5.67. The molecule has 0 unspecified atom stereocenters. The van der Waals surface area contributed by atoms with Crippen molar-refractivity contribution < 1.29 is 23.7 Å². The zero-order valence-corrected chi connectivity index (χ0v) is 21.9. The van der Waals surface area contributed by atoms with Gasteiger partial charge in [0.15, 0.2) is 6.29 Å². The fraction of sp³-hybridized carbons (Fsp3) is 0.720. The summed E-state index contributed by atoms with van der Waals surface area (Å²) in [5.41, 5.74) is 0.822. The van der Waals surface area contributed by atoms with Gasteiger partial charge in [0.2, 0.25) is 5.88 Å². The fourth-order valence-corrected chi connectivity index (χ4v) is 6.31. The summed E-state index contributed by atoms with van der Waals surface area (Å²) in [4.78, 5) is 25.6. The van der Waals surface area contributed by atoms with E-state index in [-0.39, 0.29) is 24.5 Å². The molecule has 9 heteroatoms. The molecule has 34 heavy (non-hydrogen) atoms. The maximum Gasteiger partial charge on any atom is 0.410 e. The zero-order chi connectivity index (χ0) is 24.5. The molecule has 1 saturated carbocycles. The number of hydrogen-bond donors (Lipinski definition) is 0. The summed E-state index contributed by atoms with van der Waals surface area (Å²) in [6.07, 6.45) is 7.61. The number of fused-ring (bicyclic) bond motifs is 3. The first-order valence-corrected chi connectivity index (χ1v) is 13.0. The molecule has 0 spiro atoms. The zero-order valence-electron chi connectivity index (χ0n) is 21.1. The highest BCUT2D eigenvalue weighted by Gasteiger charge is 2.34. The number of aryl methyl sites for hydroxylation is 1. The molecule has 1 fully saturated rings. The lowest BCUT2D eigenvalue weighted by Gasteiger charge is -2.35. The van der Waals surface area contributed by atoms with Crippen LogP contribution in [-0.4, -0.2) is 66.3 Å². The van der Waals surface area contributed by atoms with E-state index in [0.29, 0.717) is 11.8 Å². The normalized spacial score (nSPS) is 22.7. The highest BCUT2D eigenvalue weighted by Crippen LogP contribution is 2.48. The van der Waals surface area contributed by atoms with Crippen LogP contribution in [0.5, 0.6) is 5.88 Å². The number of carbonyl (C=O) groups excluding carboxylic acids is 1. The van der Waals surface area contributed by atoms with E-state index in [2.05, 4.69) is 9.97 Å². The van der Waals surface area contributed by atoms with Crippen LogP contribution in [0.3, 0.4) is 0 Å². The predicted molar refractivity (Wildman–Crippen MR) is 132 cm³/mol. The smallest absolute Gasteiger partial charge is 0.410 e. The Morgan fingerprint density at radius 3 is 2.50 bits per heavy atom. The summed E-state index contributed by atoms with van der Waals surface area (Å²) in [5, 5.41) is 1.06. The second-order valence-corrected chi connectivity index (χ2v) is 11.4. The van der Waals surface area contributed by atoms with Gasteiger partial charge in [-0.25, -0.2) is 14.8 Å². The van der Waals surface area contributed by atoms with Gasteiger partial charge in [0.05, 0.1) is 5.39 Å². The molecule has 2 aliphatic carbocycles. The number of methoxy groups -OCH3 is 2. The fourth-order valence-electron chi connectivity index (χ4n) is 5.08. The minimum Gasteiger partial charge on any atom is -0.474 e. The Balaban J connectivity index is 1.44. The van der Waals surface area contributed by atoms with Crippen LogP contribution in [0.2, 0.25) is 0 Å². The van der Waals surface area contributed by atoms with Crippen LogP contribution in [-0.2, 0) is 20.6 Å². The Hall–Kier alpha value is -1.97. The Bertz CT molecular complexity index is 992. The number of rotatable bonds is 7. The number of hydrogen-bond acceptors (Lipinski definition) is 8. The molecule has 1 amide bonds. The molecule has 188 valence electrons. The molecule has 0 bridgehead atoms. The second-order valence-electron chi connectivity index (χ2n) is 10.3. The highest BCUT2D eigenvalue weighted by molar-refractivity contribution is 7.19. The van der Waals surface area contributed by atoms with Crippen LogP contribution >= 0.6 is 11.3 Å². The average Bonchev–Trinajstić information content (AvgIpc) is 3.36. The van der Waals surface area contributed by atoms with Crippen molar-refractivity contribution in [2.24, 2.45) is 0 Å². The van der Waals surface area contributed by atoms with Gasteiger partial charge in [0, 0.05) is 38.6 Å². The largest absolute Gasteiger partial charge is 0.474 e. The maximum atomic E-state index is 12.4. The average molecular weight is 492 g/mol. The van der Waals surface area contributed by atoms with Crippen molar-refractivity contribution in [2.45, 2.75) is 95.7 Å². The molecule has 0 aromatic carbocycles. The first kappa shape index (κ1) is 25.1. The summed E-state index contributed by atoms with van der Waals surface area (Å²) < 4.78 is 23.0. The lowest BCUT2D eigenvalue weighted by atomic mass is 9.92. The Morgan fingerprint density at radius 2 is 1.85 bits per heavy atom. The molecular weight excluding hydrogens is 454 g/mol. The van der Waals surface area contributed by atoms with Gasteiger partial charge in [-0.2, -0.15) is 0 Å². The van der Waals surface area contributed by atoms with E-state index in [0.717, 1.165) is 55.2 Å². The van der Waals surface area contributed by atoms with Gasteiger partial charge in [-0.1, -0.05) is 0 Å². The lowest BCUT2D eigenvalue weighted by molar-refractivity contribution is -0.109. The van der Waals surface area contributed by atoms with Gasteiger partial charge in [-0.15, -0.1) is 11.3 Å². The third-order valence-electron chi connectivity index (χ3n) is 6.85. The molecule has 0 N–H and O–H groups in total. The van der Waals surface area contributed by atoms with E-state index in [1.807, 2.05) is 27.8 Å². The van der Waals surface area contributed by atoms with Crippen molar-refractivity contribution in [2.75, 3.05) is 21.3 Å². The first-order valence-electron chi connectivity index (χ1n) is 12.1. The van der Waals surface area contributed by atoms with Gasteiger partial charge in [0.25, 0.3) is 0 Å². The van der Waals surface area contributed by atoms with Gasteiger partial charge < -0.3 is 23.8 Å². The highest BCUT2D eigenvalue weighted by atomic mass is 32.1. The van der Waals surface area contributed by atoms with Crippen molar-refractivity contribution in [1.82, 2.24) is 14.9 Å². The SMILES string of the molecule is COC(C[C@H]1CCc2sc3ncnc(OC4CCC(N(C)C(=O)OC(C)(C)C)CC4)c3c21)OC. The standard InChI is InChI=1S/C25H37N3O5S/c1-25(2,3)33-24(29)28(4)16-8-10-17(11-9-16)32-22-21-20-15(13-19(30-5)31-6)7-12-18(20)34-23(21)27-14-26-22/h14-17,19H,7-13H2,1-6H3/t15-,16?,17?/m1/s1. The minimum absolute atomic E-state index is 0.0717. The Morgan fingerprint density at radius 1 is 1.15 bits per heavy atom. The molecule has 2 aliphatic rings. The quantitative estimate of drug-likeness (QED) is 0.487. The number of amides is 1. The summed E-state index contributed by atoms with van der Waals surface area (Å²) in [6, 6.07) is 0.162. The van der Waals surface area contributed by atoms with Crippen molar-refractivity contribution in [3.05, 3.63) is 16.8 Å². The van der Waals surface area contributed by atoms with E-state index in [1.54, 1.807) is 36.8 Å². The Labute approximate surface area is 205 Å². The van der Waals surface area contributed by atoms with Crippen molar-refractivity contribution in [3.63, 3.8) is 0 Å². The second kappa shape index (κ2) is 10.3. The van der Waals surface area contributed by atoms with E-state index in [4.69, 9.17) is 18.9 Å². The number of thiophene rings is 1. The van der Waals surface area contributed by atoms with Crippen molar-refractivity contribution in [1.29, 1.82) is 0 Å². The Kier molecular flexibility index (Phi) is 7.64. The number of carbonyl (C=O) groups is 1. The van der Waals surface area contributed by atoms with Gasteiger partial charge >= 0.3 is 6.09 Å². The summed E-state index contributed by atoms with van der Waals surface area (Å²) in [7, 11) is 5.20. The molecule has 0 radical (unpaired) electrons. The monoisotopic (exact) mass is 491 g/mol. The predicted octanol–water partition coefficient (Wildman–Crippen LogP) is 5.29. The molecule has 1 atom stereocenters. The van der Waals surface area contributed by atoms with Crippen LogP contribution in [0.1, 0.15) is 75.7 Å². The van der Waals surface area contributed by atoms with Crippen LogP contribution in [0, 0.1) is 0 Å². The minimum atomic E-state index is -0.491. The van der Waals surface area contributed by atoms with Crippen LogP contribution in [0.4, 0.5) is 4.79 Å². The molecule has 2 aromatic heterocycles. The molecule has 4 rings (SSSR count). The molecular formula is C25H37N3O5S. The number of nitrogens with zero attached hydrogens (tertiary/aromatic N) is 3. The lowest BCUT2D eigenvalue weighted by Crippen LogP contribution is -2.43. The molecule has 8 nitrogen and oxygen atoms in total. The molecule has 0 aliphatic heterocycles. The van der Waals surface area contributed by atoms with Crippen molar-refractivity contribution in [3.8, 4) is 5.88 Å². The molecule has 0 saturated heterocycles. The molecule has 2 heterocycles. The summed E-state index contributed by atoms with van der Waals surface area (Å²) >= 11 is 1.75. The topological polar surface area (TPSA) is 83.0 Å². The van der Waals surface area contributed by atoms with Crippen LogP contribution < -0.4 is 4.74 Å². The third kappa shape index (κ3) is 5.47. The van der Waals surface area contributed by atoms with Crippen LogP contribution in [0.25, 0.3) is 10.2 Å². The van der Waals surface area contributed by atoms with E-state index in [9.17, 15) is 4.79 Å². The number of ether oxygens (including phenoxy) is 4. The van der Waals surface area contributed by atoms with E-state index >= 15 is 0 Å². The van der Waals surface area contributed by atoms with Crippen molar-refractivity contribution >= 4 is 27.6 Å². The van der Waals surface area contributed by atoms with E-state index < -0.39 is 5.60 Å². The van der Waals surface area contributed by atoms with E-state index in [1.165, 1.54) is 10.4 Å². The third-order valence-corrected chi connectivity index (χ3v) is 8.02. The number of aromatic nitrogens is 2. The first-order chi connectivity index (χ1) is 16.2. The van der Waals surface area contributed by atoms with Gasteiger partial charge in [-0.3, -0.25) is 0 Å². The molecule has 2 aromatic rings. The van der Waals surface area contributed by atoms with Gasteiger partial charge in [0.1, 0.15) is 22.9 Å². The van der Waals surface area contributed by atoms with Gasteiger partial charge in [-0.05, 0) is 70.8 Å². The van der Waals surface area contributed by atoms with Crippen LogP contribution in [0.15, 0.2) is 6.33 Å². The summed E-state index contributed by atoms with van der Waals surface area (Å²) in [5.74, 6) is 1.03.